The van der Waals surface area contributed by atoms with Crippen LogP contribution < -0.4 is 5.32 Å². The van der Waals surface area contributed by atoms with Crippen LogP contribution in [0.3, 0.4) is 0 Å². The van der Waals surface area contributed by atoms with Crippen LogP contribution in [0.5, 0.6) is 0 Å². The van der Waals surface area contributed by atoms with Gasteiger partial charge < -0.3 is 5.32 Å². The normalized spacial score (nSPS) is 14.2. The van der Waals surface area contributed by atoms with Crippen LogP contribution >= 0.6 is 11.3 Å². The fourth-order valence-corrected chi connectivity index (χ4v) is 4.76. The first-order valence-corrected chi connectivity index (χ1v) is 9.70. The summed E-state index contributed by atoms with van der Waals surface area (Å²) >= 11 is 1.74. The molecule has 0 saturated carbocycles. The minimum atomic E-state index is 0.469. The molecule has 0 amide bonds. The van der Waals surface area contributed by atoms with Crippen LogP contribution in [-0.4, -0.2) is 21.5 Å². The van der Waals surface area contributed by atoms with Gasteiger partial charge in [-0.1, -0.05) is 27.7 Å². The van der Waals surface area contributed by atoms with Crippen molar-refractivity contribution in [2.24, 2.45) is 5.92 Å². The molecule has 0 fully saturated rings. The molecule has 0 atom stereocenters. The number of nitrogens with zero attached hydrogens (tertiary/aromatic N) is 3. The van der Waals surface area contributed by atoms with Gasteiger partial charge in [-0.3, -0.25) is 0 Å². The SMILES string of the molecule is CC(C)CNc1ncnc2c1sc1nc(C(C)C)c3c(c12)CCC3. The van der Waals surface area contributed by atoms with Gasteiger partial charge in [0.1, 0.15) is 17.0 Å². The number of pyridine rings is 1. The molecule has 4 nitrogen and oxygen atoms in total. The highest BCUT2D eigenvalue weighted by Gasteiger charge is 2.25. The summed E-state index contributed by atoms with van der Waals surface area (Å²) in [5.41, 5.74) is 5.33. The molecule has 126 valence electrons. The van der Waals surface area contributed by atoms with Crippen molar-refractivity contribution < 1.29 is 0 Å². The standard InChI is InChI=1S/C19H24N4S/c1-10(2)8-20-18-17-16(21-9-22-18)14-12-6-5-7-13(12)15(11(3)4)23-19(14)24-17/h9-11H,5-8H2,1-4H3,(H,20,21,22). The Morgan fingerprint density at radius 1 is 1.12 bits per heavy atom. The zero-order valence-corrected chi connectivity index (χ0v) is 15.6. The number of hydrogen-bond acceptors (Lipinski definition) is 5. The molecule has 1 aliphatic carbocycles. The first-order chi connectivity index (χ1) is 11.6. The Hall–Kier alpha value is -1.75. The van der Waals surface area contributed by atoms with Gasteiger partial charge in [-0.15, -0.1) is 11.3 Å². The average Bonchev–Trinajstić information content (AvgIpc) is 3.15. The van der Waals surface area contributed by atoms with E-state index in [0.29, 0.717) is 11.8 Å². The van der Waals surface area contributed by atoms with E-state index in [1.165, 1.54) is 28.6 Å². The van der Waals surface area contributed by atoms with E-state index in [-0.39, 0.29) is 0 Å². The zero-order valence-electron chi connectivity index (χ0n) is 14.8. The molecule has 1 N–H and O–H groups in total. The molecule has 5 heteroatoms. The molecule has 24 heavy (non-hydrogen) atoms. The molecule has 4 rings (SSSR count). The van der Waals surface area contributed by atoms with Crippen LogP contribution in [0.2, 0.25) is 0 Å². The Morgan fingerprint density at radius 2 is 1.92 bits per heavy atom. The molecule has 0 bridgehead atoms. The monoisotopic (exact) mass is 340 g/mol. The molecule has 1 aliphatic rings. The third kappa shape index (κ3) is 2.46. The summed E-state index contributed by atoms with van der Waals surface area (Å²) in [7, 11) is 0. The van der Waals surface area contributed by atoms with E-state index >= 15 is 0 Å². The second-order valence-corrected chi connectivity index (χ2v) is 8.42. The zero-order chi connectivity index (χ0) is 16.8. The van der Waals surface area contributed by atoms with E-state index < -0.39 is 0 Å². The molecular formula is C19H24N4S. The van der Waals surface area contributed by atoms with Crippen LogP contribution in [-0.2, 0) is 12.8 Å². The van der Waals surface area contributed by atoms with Crippen molar-refractivity contribution in [1.82, 2.24) is 15.0 Å². The summed E-state index contributed by atoms with van der Waals surface area (Å²) in [6.07, 6.45) is 5.23. The minimum Gasteiger partial charge on any atom is -0.369 e. The van der Waals surface area contributed by atoms with E-state index in [9.17, 15) is 0 Å². The van der Waals surface area contributed by atoms with Gasteiger partial charge in [0, 0.05) is 17.6 Å². The maximum Gasteiger partial charge on any atom is 0.147 e. The molecule has 0 aromatic carbocycles. The van der Waals surface area contributed by atoms with Crippen LogP contribution in [0, 0.1) is 5.92 Å². The maximum absolute atomic E-state index is 5.04. The molecule has 0 spiro atoms. The molecule has 0 unspecified atom stereocenters. The summed E-state index contributed by atoms with van der Waals surface area (Å²) in [6.45, 7) is 9.83. The van der Waals surface area contributed by atoms with Gasteiger partial charge in [0.15, 0.2) is 0 Å². The first kappa shape index (κ1) is 15.8. The largest absolute Gasteiger partial charge is 0.369 e. The molecular weight excluding hydrogens is 316 g/mol. The third-order valence-electron chi connectivity index (χ3n) is 4.73. The lowest BCUT2D eigenvalue weighted by Gasteiger charge is -2.11. The summed E-state index contributed by atoms with van der Waals surface area (Å²) in [5.74, 6) is 2.00. The number of rotatable bonds is 4. The van der Waals surface area contributed by atoms with Crippen LogP contribution in [0.25, 0.3) is 20.4 Å². The lowest BCUT2D eigenvalue weighted by Crippen LogP contribution is -2.09. The average molecular weight is 340 g/mol. The summed E-state index contributed by atoms with van der Waals surface area (Å²) in [6, 6.07) is 0. The quantitative estimate of drug-likeness (QED) is 0.732. The highest BCUT2D eigenvalue weighted by Crippen LogP contribution is 2.42. The lowest BCUT2D eigenvalue weighted by atomic mass is 9.99. The van der Waals surface area contributed by atoms with Gasteiger partial charge in [0.05, 0.1) is 10.2 Å². The van der Waals surface area contributed by atoms with Crippen LogP contribution in [0.4, 0.5) is 5.82 Å². The summed E-state index contributed by atoms with van der Waals surface area (Å²) in [4.78, 5) is 15.3. The van der Waals surface area contributed by atoms with Crippen molar-refractivity contribution in [1.29, 1.82) is 0 Å². The Labute approximate surface area is 146 Å². The fraction of sp³-hybridized carbons (Fsp3) is 0.526. The van der Waals surface area contributed by atoms with Gasteiger partial charge in [-0.05, 0) is 42.2 Å². The van der Waals surface area contributed by atoms with Gasteiger partial charge in [-0.2, -0.15) is 0 Å². The number of aromatic nitrogens is 3. The smallest absolute Gasteiger partial charge is 0.147 e. The van der Waals surface area contributed by atoms with Crippen molar-refractivity contribution in [3.05, 3.63) is 23.1 Å². The highest BCUT2D eigenvalue weighted by molar-refractivity contribution is 7.26. The topological polar surface area (TPSA) is 50.7 Å². The van der Waals surface area contributed by atoms with Crippen molar-refractivity contribution in [2.75, 3.05) is 11.9 Å². The Kier molecular flexibility index (Phi) is 3.91. The number of thiophene rings is 1. The highest BCUT2D eigenvalue weighted by atomic mass is 32.1. The third-order valence-corrected chi connectivity index (χ3v) is 5.81. The Bertz CT molecular complexity index is 911. The number of fused-ring (bicyclic) bond motifs is 5. The minimum absolute atomic E-state index is 0.469. The molecule has 0 aliphatic heterocycles. The van der Waals surface area contributed by atoms with Crippen LogP contribution in [0.1, 0.15) is 56.9 Å². The predicted octanol–water partition coefficient (Wildman–Crippen LogP) is 4.92. The van der Waals surface area contributed by atoms with Gasteiger partial charge >= 0.3 is 0 Å². The van der Waals surface area contributed by atoms with Gasteiger partial charge in [-0.25, -0.2) is 15.0 Å². The number of nitrogens with one attached hydrogen (secondary N) is 1. The van der Waals surface area contributed by atoms with E-state index in [0.717, 1.165) is 40.3 Å². The summed E-state index contributed by atoms with van der Waals surface area (Å²) in [5, 5.41) is 4.76. The molecule has 0 radical (unpaired) electrons. The Balaban J connectivity index is 1.97. The van der Waals surface area contributed by atoms with Gasteiger partial charge in [0.2, 0.25) is 0 Å². The van der Waals surface area contributed by atoms with E-state index in [1.807, 2.05) is 0 Å². The van der Waals surface area contributed by atoms with Gasteiger partial charge in [0.25, 0.3) is 0 Å². The first-order valence-electron chi connectivity index (χ1n) is 8.89. The van der Waals surface area contributed by atoms with E-state index in [1.54, 1.807) is 17.7 Å². The predicted molar refractivity (Wildman–Crippen MR) is 102 cm³/mol. The van der Waals surface area contributed by atoms with Crippen molar-refractivity contribution in [3.8, 4) is 0 Å². The second-order valence-electron chi connectivity index (χ2n) is 7.42. The van der Waals surface area contributed by atoms with Crippen LogP contribution in [0.15, 0.2) is 6.33 Å². The van der Waals surface area contributed by atoms with Crippen molar-refractivity contribution in [2.45, 2.75) is 52.9 Å². The molecule has 3 aromatic rings. The molecule has 3 aromatic heterocycles. The number of hydrogen-bond donors (Lipinski definition) is 1. The van der Waals surface area contributed by atoms with E-state index in [2.05, 4.69) is 43.0 Å². The number of anilines is 1. The molecule has 3 heterocycles. The van der Waals surface area contributed by atoms with Crippen molar-refractivity contribution >= 4 is 37.6 Å². The fourth-order valence-electron chi connectivity index (χ4n) is 3.63. The summed E-state index contributed by atoms with van der Waals surface area (Å²) < 4.78 is 1.15. The van der Waals surface area contributed by atoms with E-state index in [4.69, 9.17) is 4.98 Å². The number of aryl methyl sites for hydroxylation is 1. The van der Waals surface area contributed by atoms with Crippen molar-refractivity contribution in [3.63, 3.8) is 0 Å². The second kappa shape index (κ2) is 5.96. The molecule has 0 saturated heterocycles. The lowest BCUT2D eigenvalue weighted by molar-refractivity contribution is 0.687. The Morgan fingerprint density at radius 3 is 2.67 bits per heavy atom. The maximum atomic E-state index is 5.04.